The van der Waals surface area contributed by atoms with Crippen LogP contribution in [-0.2, 0) is 4.74 Å². The van der Waals surface area contributed by atoms with Gasteiger partial charge in [-0.2, -0.15) is 0 Å². The highest BCUT2D eigenvalue weighted by Crippen LogP contribution is 1.97. The summed E-state index contributed by atoms with van der Waals surface area (Å²) in [5.74, 6) is 0. The number of nitrogens with one attached hydrogen (secondary N) is 1. The third-order valence-electron chi connectivity index (χ3n) is 0.992. The van der Waals surface area contributed by atoms with Crippen molar-refractivity contribution in [1.29, 1.82) is 0 Å². The minimum Gasteiger partial charge on any atom is -0.384 e. The molecule has 1 saturated heterocycles. The Bertz CT molecular complexity index is 68.5. The van der Waals surface area contributed by atoms with Crippen molar-refractivity contribution in [3.63, 3.8) is 0 Å². The van der Waals surface area contributed by atoms with Gasteiger partial charge in [-0.05, 0) is 6.20 Å². The van der Waals surface area contributed by atoms with Crippen molar-refractivity contribution >= 4 is 0 Å². The summed E-state index contributed by atoms with van der Waals surface area (Å²) in [6.07, 6.45) is 1.70. The first-order valence-corrected chi connectivity index (χ1v) is 2.38. The van der Waals surface area contributed by atoms with Crippen LogP contribution in [0.1, 0.15) is 0 Å². The second-order valence-electron chi connectivity index (χ2n) is 1.61. The molecule has 2 heteroatoms. The van der Waals surface area contributed by atoms with Crippen molar-refractivity contribution in [3.05, 3.63) is 12.8 Å². The van der Waals surface area contributed by atoms with Crippen LogP contribution in [0.2, 0.25) is 0 Å². The van der Waals surface area contributed by atoms with Crippen LogP contribution in [0, 0.1) is 0 Å². The van der Waals surface area contributed by atoms with Gasteiger partial charge in [-0.1, -0.05) is 6.58 Å². The van der Waals surface area contributed by atoms with Gasteiger partial charge in [0.2, 0.25) is 0 Å². The highest BCUT2D eigenvalue weighted by molar-refractivity contribution is 4.78. The van der Waals surface area contributed by atoms with Gasteiger partial charge in [0.1, 0.15) is 0 Å². The van der Waals surface area contributed by atoms with Gasteiger partial charge in [-0.15, -0.1) is 0 Å². The summed E-state index contributed by atoms with van der Waals surface area (Å²) in [6.45, 7) is 5.19. The van der Waals surface area contributed by atoms with Crippen molar-refractivity contribution in [2.75, 3.05) is 13.2 Å². The Kier molecular flexibility index (Phi) is 1.32. The summed E-state index contributed by atoms with van der Waals surface area (Å²) in [4.78, 5) is 0. The van der Waals surface area contributed by atoms with Crippen molar-refractivity contribution in [2.45, 2.75) is 6.04 Å². The summed E-state index contributed by atoms with van der Waals surface area (Å²) in [5, 5.41) is 3.02. The van der Waals surface area contributed by atoms with Gasteiger partial charge >= 0.3 is 0 Å². The van der Waals surface area contributed by atoms with Crippen LogP contribution >= 0.6 is 0 Å². The molecule has 0 unspecified atom stereocenters. The third kappa shape index (κ3) is 0.933. The van der Waals surface area contributed by atoms with Crippen molar-refractivity contribution in [3.8, 4) is 0 Å². The van der Waals surface area contributed by atoms with Crippen molar-refractivity contribution in [2.24, 2.45) is 0 Å². The van der Waals surface area contributed by atoms with Crippen LogP contribution < -0.4 is 5.32 Å². The lowest BCUT2D eigenvalue weighted by atomic mass is 10.3. The van der Waals surface area contributed by atoms with Gasteiger partial charge in [0, 0.05) is 0 Å². The van der Waals surface area contributed by atoms with Crippen molar-refractivity contribution in [1.82, 2.24) is 5.32 Å². The quantitative estimate of drug-likeness (QED) is 0.531. The molecule has 1 N–H and O–H groups in total. The fourth-order valence-electron chi connectivity index (χ4n) is 0.499. The molecule has 1 aliphatic rings. The first-order chi connectivity index (χ1) is 3.43. The standard InChI is InChI=1S/C5H9NO/c1-2-6-5-3-7-4-5/h2,5-6H,1,3-4H2. The normalized spacial score (nSPS) is 20.6. The molecular formula is C5H9NO. The van der Waals surface area contributed by atoms with Crippen LogP contribution in [0.5, 0.6) is 0 Å². The minimum atomic E-state index is 0.539. The average molecular weight is 99.1 g/mol. The number of hydrogen-bond acceptors (Lipinski definition) is 2. The Morgan fingerprint density at radius 3 is 2.57 bits per heavy atom. The molecule has 1 rings (SSSR count). The van der Waals surface area contributed by atoms with Crippen LogP contribution in [0.15, 0.2) is 12.8 Å². The molecule has 7 heavy (non-hydrogen) atoms. The summed E-state index contributed by atoms with van der Waals surface area (Å²) in [5.41, 5.74) is 0. The molecule has 40 valence electrons. The molecule has 0 saturated carbocycles. The lowest BCUT2D eigenvalue weighted by Gasteiger charge is -2.25. The zero-order valence-electron chi connectivity index (χ0n) is 4.18. The van der Waals surface area contributed by atoms with E-state index >= 15 is 0 Å². The predicted octanol–water partition coefficient (Wildman–Crippen LogP) is 0.118. The summed E-state index contributed by atoms with van der Waals surface area (Å²) >= 11 is 0. The van der Waals surface area contributed by atoms with E-state index < -0.39 is 0 Å². The second kappa shape index (κ2) is 1.98. The predicted molar refractivity (Wildman–Crippen MR) is 27.9 cm³/mol. The maximum atomic E-state index is 4.88. The van der Waals surface area contributed by atoms with Gasteiger partial charge in [-0.25, -0.2) is 0 Å². The van der Waals surface area contributed by atoms with Gasteiger partial charge < -0.3 is 10.1 Å². The van der Waals surface area contributed by atoms with Crippen LogP contribution in [0.4, 0.5) is 0 Å². The zero-order valence-corrected chi connectivity index (χ0v) is 4.18. The lowest BCUT2D eigenvalue weighted by Crippen LogP contribution is -2.43. The zero-order chi connectivity index (χ0) is 5.11. The highest BCUT2D eigenvalue weighted by atomic mass is 16.5. The van der Waals surface area contributed by atoms with Crippen LogP contribution in [-0.4, -0.2) is 19.3 Å². The molecule has 0 bridgehead atoms. The molecule has 2 nitrogen and oxygen atoms in total. The monoisotopic (exact) mass is 99.1 g/mol. The van der Waals surface area contributed by atoms with E-state index in [2.05, 4.69) is 11.9 Å². The van der Waals surface area contributed by atoms with Gasteiger partial charge in [-0.3, -0.25) is 0 Å². The average Bonchev–Trinajstić information content (AvgIpc) is 1.55. The number of hydrogen-bond donors (Lipinski definition) is 1. The Morgan fingerprint density at radius 2 is 2.43 bits per heavy atom. The molecule has 0 aromatic rings. The summed E-state index contributed by atoms with van der Waals surface area (Å²) in [7, 11) is 0. The summed E-state index contributed by atoms with van der Waals surface area (Å²) in [6, 6.07) is 0.539. The third-order valence-corrected chi connectivity index (χ3v) is 0.992. The molecule has 0 aromatic heterocycles. The second-order valence-corrected chi connectivity index (χ2v) is 1.61. The molecular weight excluding hydrogens is 90.1 g/mol. The van der Waals surface area contributed by atoms with Crippen molar-refractivity contribution < 1.29 is 4.74 Å². The molecule has 1 heterocycles. The van der Waals surface area contributed by atoms with E-state index in [1.807, 2.05) is 0 Å². The highest BCUT2D eigenvalue weighted by Gasteiger charge is 2.14. The Labute approximate surface area is 43.2 Å². The van der Waals surface area contributed by atoms with E-state index in [4.69, 9.17) is 4.74 Å². The molecule has 1 aliphatic heterocycles. The molecule has 0 radical (unpaired) electrons. The largest absolute Gasteiger partial charge is 0.384 e. The molecule has 0 spiro atoms. The molecule has 0 atom stereocenters. The summed E-state index contributed by atoms with van der Waals surface area (Å²) < 4.78 is 4.88. The van der Waals surface area contributed by atoms with E-state index in [1.54, 1.807) is 6.20 Å². The molecule has 0 aromatic carbocycles. The van der Waals surface area contributed by atoms with E-state index in [-0.39, 0.29) is 0 Å². The number of ether oxygens (including phenoxy) is 1. The Morgan fingerprint density at radius 1 is 1.71 bits per heavy atom. The SMILES string of the molecule is C=CNC1COC1. The van der Waals surface area contributed by atoms with E-state index in [9.17, 15) is 0 Å². The first-order valence-electron chi connectivity index (χ1n) is 2.38. The van der Waals surface area contributed by atoms with Crippen LogP contribution in [0.25, 0.3) is 0 Å². The molecule has 1 fully saturated rings. The fraction of sp³-hybridized carbons (Fsp3) is 0.600. The fourth-order valence-corrected chi connectivity index (χ4v) is 0.499. The lowest BCUT2D eigenvalue weighted by molar-refractivity contribution is 0.000813. The first kappa shape index (κ1) is 4.65. The Balaban J connectivity index is 2.03. The van der Waals surface area contributed by atoms with E-state index in [1.165, 1.54) is 0 Å². The van der Waals surface area contributed by atoms with Crippen LogP contribution in [0.3, 0.4) is 0 Å². The smallest absolute Gasteiger partial charge is 0.0723 e. The number of rotatable bonds is 2. The Hall–Kier alpha value is -0.500. The van der Waals surface area contributed by atoms with E-state index in [0.717, 1.165) is 13.2 Å². The van der Waals surface area contributed by atoms with Gasteiger partial charge in [0.25, 0.3) is 0 Å². The van der Waals surface area contributed by atoms with E-state index in [0.29, 0.717) is 6.04 Å². The topological polar surface area (TPSA) is 21.3 Å². The maximum absolute atomic E-state index is 4.88. The van der Waals surface area contributed by atoms with Gasteiger partial charge in [0.15, 0.2) is 0 Å². The minimum absolute atomic E-state index is 0.539. The molecule has 0 aliphatic carbocycles. The molecule has 0 amide bonds. The van der Waals surface area contributed by atoms with Gasteiger partial charge in [0.05, 0.1) is 19.3 Å². The maximum Gasteiger partial charge on any atom is 0.0723 e.